The Morgan fingerprint density at radius 2 is 1.94 bits per heavy atom. The van der Waals surface area contributed by atoms with Gasteiger partial charge in [-0.1, -0.05) is 45.0 Å². The van der Waals surface area contributed by atoms with Crippen LogP contribution in [0.1, 0.15) is 50.8 Å². The molecule has 1 fully saturated rings. The van der Waals surface area contributed by atoms with Crippen LogP contribution in [0.25, 0.3) is 0 Å². The molecule has 2 nitrogen and oxygen atoms in total. The van der Waals surface area contributed by atoms with E-state index in [1.165, 1.54) is 11.1 Å². The molecule has 0 aromatic heterocycles. The van der Waals surface area contributed by atoms with Gasteiger partial charge in [0.05, 0.1) is 6.04 Å². The number of rotatable bonds is 1. The van der Waals surface area contributed by atoms with Gasteiger partial charge in [0, 0.05) is 12.0 Å². The zero-order valence-electron chi connectivity index (χ0n) is 11.9. The molecule has 0 unspecified atom stereocenters. The Hall–Kier alpha value is -1.31. The SMILES string of the molecule is Cc1ccccc1[C@H]1CCCN1C(=O)C(C)(C)C. The Balaban J connectivity index is 2.29. The number of benzene rings is 1. The maximum absolute atomic E-state index is 12.5. The molecule has 1 saturated heterocycles. The normalized spacial score (nSPS) is 20.2. The third kappa shape index (κ3) is 2.43. The molecule has 1 amide bonds. The van der Waals surface area contributed by atoms with Crippen LogP contribution in [0.4, 0.5) is 0 Å². The molecule has 0 radical (unpaired) electrons. The van der Waals surface area contributed by atoms with E-state index in [9.17, 15) is 4.79 Å². The lowest BCUT2D eigenvalue weighted by atomic mass is 9.92. The monoisotopic (exact) mass is 245 g/mol. The van der Waals surface area contributed by atoms with Crippen molar-refractivity contribution in [2.75, 3.05) is 6.54 Å². The Morgan fingerprint density at radius 3 is 2.56 bits per heavy atom. The molecule has 0 bridgehead atoms. The van der Waals surface area contributed by atoms with Crippen molar-refractivity contribution >= 4 is 5.91 Å². The van der Waals surface area contributed by atoms with Crippen molar-refractivity contribution in [2.45, 2.75) is 46.6 Å². The molecular formula is C16H23NO. The molecule has 1 heterocycles. The lowest BCUT2D eigenvalue weighted by Crippen LogP contribution is -2.39. The topological polar surface area (TPSA) is 20.3 Å². The van der Waals surface area contributed by atoms with Crippen LogP contribution in [0.3, 0.4) is 0 Å². The average molecular weight is 245 g/mol. The number of likely N-dealkylation sites (tertiary alicyclic amines) is 1. The van der Waals surface area contributed by atoms with Crippen LogP contribution >= 0.6 is 0 Å². The van der Waals surface area contributed by atoms with E-state index >= 15 is 0 Å². The molecule has 0 saturated carbocycles. The minimum absolute atomic E-state index is 0.272. The van der Waals surface area contributed by atoms with Gasteiger partial charge in [0.15, 0.2) is 0 Å². The second-order valence-electron chi connectivity index (χ2n) is 6.26. The Labute approximate surface area is 110 Å². The lowest BCUT2D eigenvalue weighted by Gasteiger charge is -2.31. The zero-order valence-corrected chi connectivity index (χ0v) is 11.9. The van der Waals surface area contributed by atoms with E-state index in [0.29, 0.717) is 0 Å². The number of carbonyl (C=O) groups excluding carboxylic acids is 1. The fourth-order valence-corrected chi connectivity index (χ4v) is 2.72. The molecule has 2 heteroatoms. The molecule has 0 aliphatic carbocycles. The van der Waals surface area contributed by atoms with Gasteiger partial charge in [0.2, 0.25) is 5.91 Å². The Kier molecular flexibility index (Phi) is 3.47. The summed E-state index contributed by atoms with van der Waals surface area (Å²) in [6.07, 6.45) is 2.20. The minimum Gasteiger partial charge on any atom is -0.335 e. The van der Waals surface area contributed by atoms with Crippen LogP contribution in [0, 0.1) is 12.3 Å². The minimum atomic E-state index is -0.286. The molecule has 98 valence electrons. The highest BCUT2D eigenvalue weighted by molar-refractivity contribution is 5.82. The summed E-state index contributed by atoms with van der Waals surface area (Å²) in [6.45, 7) is 9.04. The first-order valence-electron chi connectivity index (χ1n) is 6.78. The van der Waals surface area contributed by atoms with Crippen LogP contribution in [-0.2, 0) is 4.79 Å². The smallest absolute Gasteiger partial charge is 0.228 e. The fraction of sp³-hybridized carbons (Fsp3) is 0.562. The van der Waals surface area contributed by atoms with E-state index in [-0.39, 0.29) is 17.4 Å². The summed E-state index contributed by atoms with van der Waals surface area (Å²) in [4.78, 5) is 14.6. The number of hydrogen-bond acceptors (Lipinski definition) is 1. The summed E-state index contributed by atoms with van der Waals surface area (Å²) >= 11 is 0. The van der Waals surface area contributed by atoms with Gasteiger partial charge in [-0.2, -0.15) is 0 Å². The van der Waals surface area contributed by atoms with Gasteiger partial charge in [0.25, 0.3) is 0 Å². The van der Waals surface area contributed by atoms with Gasteiger partial charge in [-0.05, 0) is 30.9 Å². The molecule has 1 aromatic rings. The number of hydrogen-bond donors (Lipinski definition) is 0. The lowest BCUT2D eigenvalue weighted by molar-refractivity contribution is -0.140. The standard InChI is InChI=1S/C16H23NO/c1-12-8-5-6-9-13(12)14-10-7-11-17(14)15(18)16(2,3)4/h5-6,8-9,14H,7,10-11H2,1-4H3/t14-/m1/s1. The molecule has 0 N–H and O–H groups in total. The first-order chi connectivity index (χ1) is 8.41. The second kappa shape index (κ2) is 4.75. The van der Waals surface area contributed by atoms with E-state index in [2.05, 4.69) is 36.1 Å². The average Bonchev–Trinajstić information content (AvgIpc) is 2.76. The maximum Gasteiger partial charge on any atom is 0.228 e. The van der Waals surface area contributed by atoms with E-state index in [1.807, 2.05) is 20.8 Å². The van der Waals surface area contributed by atoms with Crippen molar-refractivity contribution in [3.8, 4) is 0 Å². The van der Waals surface area contributed by atoms with Gasteiger partial charge in [-0.3, -0.25) is 4.79 Å². The summed E-state index contributed by atoms with van der Waals surface area (Å²) in [7, 11) is 0. The summed E-state index contributed by atoms with van der Waals surface area (Å²) < 4.78 is 0. The molecule has 1 aromatic carbocycles. The van der Waals surface area contributed by atoms with E-state index in [0.717, 1.165) is 19.4 Å². The van der Waals surface area contributed by atoms with Crippen LogP contribution in [-0.4, -0.2) is 17.4 Å². The van der Waals surface area contributed by atoms with Crippen LogP contribution in [0.2, 0.25) is 0 Å². The predicted octanol–water partition coefficient (Wildman–Crippen LogP) is 3.70. The second-order valence-corrected chi connectivity index (χ2v) is 6.26. The van der Waals surface area contributed by atoms with Crippen molar-refractivity contribution in [1.29, 1.82) is 0 Å². The number of amides is 1. The van der Waals surface area contributed by atoms with Crippen molar-refractivity contribution < 1.29 is 4.79 Å². The summed E-state index contributed by atoms with van der Waals surface area (Å²) in [5.41, 5.74) is 2.31. The van der Waals surface area contributed by atoms with Gasteiger partial charge < -0.3 is 4.90 Å². The first kappa shape index (κ1) is 13.1. The Morgan fingerprint density at radius 1 is 1.28 bits per heavy atom. The van der Waals surface area contributed by atoms with Gasteiger partial charge >= 0.3 is 0 Å². The quantitative estimate of drug-likeness (QED) is 0.738. The zero-order chi connectivity index (χ0) is 13.3. The number of carbonyl (C=O) groups is 1. The summed E-state index contributed by atoms with van der Waals surface area (Å²) in [6, 6.07) is 8.70. The van der Waals surface area contributed by atoms with Gasteiger partial charge in [-0.25, -0.2) is 0 Å². The molecule has 0 spiro atoms. The van der Waals surface area contributed by atoms with Gasteiger partial charge in [0.1, 0.15) is 0 Å². The molecule has 1 aliphatic rings. The molecule has 1 aliphatic heterocycles. The third-order valence-corrected chi connectivity index (χ3v) is 3.70. The van der Waals surface area contributed by atoms with Crippen molar-refractivity contribution in [3.63, 3.8) is 0 Å². The highest BCUT2D eigenvalue weighted by Gasteiger charge is 2.35. The van der Waals surface area contributed by atoms with E-state index in [1.54, 1.807) is 0 Å². The largest absolute Gasteiger partial charge is 0.335 e. The van der Waals surface area contributed by atoms with Crippen LogP contribution in [0.15, 0.2) is 24.3 Å². The molecule has 18 heavy (non-hydrogen) atoms. The molecule has 2 rings (SSSR count). The number of nitrogens with zero attached hydrogens (tertiary/aromatic N) is 1. The van der Waals surface area contributed by atoms with Crippen molar-refractivity contribution in [1.82, 2.24) is 4.90 Å². The third-order valence-electron chi connectivity index (χ3n) is 3.70. The fourth-order valence-electron chi connectivity index (χ4n) is 2.72. The highest BCUT2D eigenvalue weighted by Crippen LogP contribution is 2.36. The first-order valence-corrected chi connectivity index (χ1v) is 6.78. The molecular weight excluding hydrogens is 222 g/mol. The molecule has 1 atom stereocenters. The number of aryl methyl sites for hydroxylation is 1. The maximum atomic E-state index is 12.5. The predicted molar refractivity (Wildman–Crippen MR) is 74.3 cm³/mol. The van der Waals surface area contributed by atoms with Crippen molar-refractivity contribution in [2.24, 2.45) is 5.41 Å². The summed E-state index contributed by atoms with van der Waals surface area (Å²) in [5.74, 6) is 0.272. The highest BCUT2D eigenvalue weighted by atomic mass is 16.2. The van der Waals surface area contributed by atoms with Crippen LogP contribution < -0.4 is 0 Å². The Bertz CT molecular complexity index is 445. The van der Waals surface area contributed by atoms with E-state index in [4.69, 9.17) is 0 Å². The van der Waals surface area contributed by atoms with Crippen LogP contribution in [0.5, 0.6) is 0 Å². The summed E-state index contributed by atoms with van der Waals surface area (Å²) in [5, 5.41) is 0. The van der Waals surface area contributed by atoms with E-state index < -0.39 is 0 Å². The van der Waals surface area contributed by atoms with Crippen molar-refractivity contribution in [3.05, 3.63) is 35.4 Å². The van der Waals surface area contributed by atoms with Gasteiger partial charge in [-0.15, -0.1) is 0 Å².